The molecule has 0 saturated heterocycles. The summed E-state index contributed by atoms with van der Waals surface area (Å²) in [5.41, 5.74) is 1.14. The van der Waals surface area contributed by atoms with Crippen molar-refractivity contribution in [3.8, 4) is 0 Å². The highest BCUT2D eigenvalue weighted by Gasteiger charge is 2.20. The van der Waals surface area contributed by atoms with E-state index in [1.807, 2.05) is 19.2 Å². The van der Waals surface area contributed by atoms with Crippen LogP contribution in [0.4, 0.5) is 4.39 Å². The second kappa shape index (κ2) is 5.44. The van der Waals surface area contributed by atoms with Crippen molar-refractivity contribution in [1.82, 2.24) is 5.32 Å². The summed E-state index contributed by atoms with van der Waals surface area (Å²) >= 11 is 0. The Morgan fingerprint density at radius 2 is 2.25 bits per heavy atom. The standard InChI is InChI=1S/C14H20FN/c1-16-14-7-3-5-12(10-14)8-11-4-2-6-13(15)9-11/h2,4,6,9,12,14,16H,3,5,7-8,10H2,1H3. The van der Waals surface area contributed by atoms with Crippen molar-refractivity contribution >= 4 is 0 Å². The second-order valence-corrected chi connectivity index (χ2v) is 4.85. The lowest BCUT2D eigenvalue weighted by Gasteiger charge is -2.28. The van der Waals surface area contributed by atoms with E-state index < -0.39 is 0 Å². The topological polar surface area (TPSA) is 12.0 Å². The van der Waals surface area contributed by atoms with E-state index in [0.717, 1.165) is 12.0 Å². The van der Waals surface area contributed by atoms with Gasteiger partial charge < -0.3 is 5.32 Å². The van der Waals surface area contributed by atoms with Gasteiger partial charge in [0.05, 0.1) is 0 Å². The lowest BCUT2D eigenvalue weighted by Crippen LogP contribution is -2.31. The molecule has 1 aliphatic carbocycles. The van der Waals surface area contributed by atoms with Crippen LogP contribution in [-0.4, -0.2) is 13.1 Å². The summed E-state index contributed by atoms with van der Waals surface area (Å²) in [4.78, 5) is 0. The lowest BCUT2D eigenvalue weighted by atomic mass is 9.82. The van der Waals surface area contributed by atoms with Crippen LogP contribution >= 0.6 is 0 Å². The number of hydrogen-bond donors (Lipinski definition) is 1. The first-order valence-electron chi connectivity index (χ1n) is 6.19. The van der Waals surface area contributed by atoms with Crippen LogP contribution in [-0.2, 0) is 6.42 Å². The SMILES string of the molecule is CNC1CCCC(Cc2cccc(F)c2)C1. The average Bonchev–Trinajstić information content (AvgIpc) is 2.29. The van der Waals surface area contributed by atoms with Crippen molar-refractivity contribution in [3.05, 3.63) is 35.6 Å². The molecule has 0 spiro atoms. The van der Waals surface area contributed by atoms with E-state index in [1.165, 1.54) is 31.7 Å². The summed E-state index contributed by atoms with van der Waals surface area (Å²) in [6.07, 6.45) is 6.12. The Morgan fingerprint density at radius 3 is 3.00 bits per heavy atom. The van der Waals surface area contributed by atoms with Gasteiger partial charge in [0, 0.05) is 6.04 Å². The summed E-state index contributed by atoms with van der Waals surface area (Å²) < 4.78 is 13.1. The van der Waals surface area contributed by atoms with Gasteiger partial charge in [-0.1, -0.05) is 25.0 Å². The van der Waals surface area contributed by atoms with E-state index >= 15 is 0 Å². The van der Waals surface area contributed by atoms with E-state index in [1.54, 1.807) is 6.07 Å². The molecule has 2 unspecified atom stereocenters. The summed E-state index contributed by atoms with van der Waals surface area (Å²) in [5, 5.41) is 3.36. The fourth-order valence-electron chi connectivity index (χ4n) is 2.74. The first kappa shape index (κ1) is 11.6. The van der Waals surface area contributed by atoms with Gasteiger partial charge in [0.1, 0.15) is 5.82 Å². The largest absolute Gasteiger partial charge is 0.317 e. The van der Waals surface area contributed by atoms with Crippen LogP contribution in [0.3, 0.4) is 0 Å². The summed E-state index contributed by atoms with van der Waals surface area (Å²) in [6, 6.07) is 7.69. The van der Waals surface area contributed by atoms with Crippen molar-refractivity contribution in [2.75, 3.05) is 7.05 Å². The highest BCUT2D eigenvalue weighted by Crippen LogP contribution is 2.27. The Labute approximate surface area is 97.1 Å². The highest BCUT2D eigenvalue weighted by molar-refractivity contribution is 5.17. The first-order chi connectivity index (χ1) is 7.78. The molecule has 1 nitrogen and oxygen atoms in total. The summed E-state index contributed by atoms with van der Waals surface area (Å²) in [5.74, 6) is 0.603. The quantitative estimate of drug-likeness (QED) is 0.826. The minimum Gasteiger partial charge on any atom is -0.317 e. The van der Waals surface area contributed by atoms with E-state index in [-0.39, 0.29) is 5.82 Å². The molecule has 1 aromatic rings. The van der Waals surface area contributed by atoms with Crippen LogP contribution in [0.25, 0.3) is 0 Å². The molecule has 0 bridgehead atoms. The third kappa shape index (κ3) is 3.05. The molecular formula is C14H20FN. The molecule has 2 atom stereocenters. The maximum Gasteiger partial charge on any atom is 0.123 e. The van der Waals surface area contributed by atoms with Gasteiger partial charge in [-0.15, -0.1) is 0 Å². The van der Waals surface area contributed by atoms with Gasteiger partial charge in [0.2, 0.25) is 0 Å². The number of rotatable bonds is 3. The predicted molar refractivity (Wildman–Crippen MR) is 64.9 cm³/mol. The molecule has 0 amide bonds. The lowest BCUT2D eigenvalue weighted by molar-refractivity contribution is 0.294. The zero-order valence-electron chi connectivity index (χ0n) is 9.88. The molecule has 16 heavy (non-hydrogen) atoms. The van der Waals surface area contributed by atoms with Gasteiger partial charge in [-0.2, -0.15) is 0 Å². The second-order valence-electron chi connectivity index (χ2n) is 4.85. The van der Waals surface area contributed by atoms with Gasteiger partial charge >= 0.3 is 0 Å². The Balaban J connectivity index is 1.94. The minimum absolute atomic E-state index is 0.113. The van der Waals surface area contributed by atoms with Crippen molar-refractivity contribution in [2.24, 2.45) is 5.92 Å². The van der Waals surface area contributed by atoms with Crippen LogP contribution in [0.5, 0.6) is 0 Å². The molecule has 0 heterocycles. The van der Waals surface area contributed by atoms with Crippen LogP contribution < -0.4 is 5.32 Å². The van der Waals surface area contributed by atoms with Crippen LogP contribution in [0.2, 0.25) is 0 Å². The smallest absolute Gasteiger partial charge is 0.123 e. The average molecular weight is 221 g/mol. The predicted octanol–water partition coefficient (Wildman–Crippen LogP) is 3.15. The monoisotopic (exact) mass is 221 g/mol. The van der Waals surface area contributed by atoms with E-state index in [4.69, 9.17) is 0 Å². The summed E-state index contributed by atoms with van der Waals surface area (Å²) in [6.45, 7) is 0. The first-order valence-corrected chi connectivity index (χ1v) is 6.19. The Kier molecular flexibility index (Phi) is 3.94. The number of hydrogen-bond acceptors (Lipinski definition) is 1. The normalized spacial score (nSPS) is 25.6. The van der Waals surface area contributed by atoms with Gasteiger partial charge in [0.25, 0.3) is 0 Å². The molecule has 1 saturated carbocycles. The fourth-order valence-corrected chi connectivity index (χ4v) is 2.74. The number of benzene rings is 1. The molecule has 0 aromatic heterocycles. The highest BCUT2D eigenvalue weighted by atomic mass is 19.1. The molecular weight excluding hydrogens is 201 g/mol. The van der Waals surface area contributed by atoms with Crippen molar-refractivity contribution < 1.29 is 4.39 Å². The van der Waals surface area contributed by atoms with Crippen LogP contribution in [0, 0.1) is 11.7 Å². The van der Waals surface area contributed by atoms with Gasteiger partial charge in [0.15, 0.2) is 0 Å². The van der Waals surface area contributed by atoms with Crippen molar-refractivity contribution in [1.29, 1.82) is 0 Å². The van der Waals surface area contributed by atoms with Crippen LogP contribution in [0.15, 0.2) is 24.3 Å². The fraction of sp³-hybridized carbons (Fsp3) is 0.571. The molecule has 1 N–H and O–H groups in total. The molecule has 1 fully saturated rings. The third-order valence-corrected chi connectivity index (χ3v) is 3.60. The third-order valence-electron chi connectivity index (χ3n) is 3.60. The maximum absolute atomic E-state index is 13.1. The van der Waals surface area contributed by atoms with Crippen molar-refractivity contribution in [3.63, 3.8) is 0 Å². The molecule has 1 aliphatic rings. The van der Waals surface area contributed by atoms with Gasteiger partial charge in [-0.25, -0.2) is 4.39 Å². The molecule has 2 rings (SSSR count). The van der Waals surface area contributed by atoms with Crippen LogP contribution in [0.1, 0.15) is 31.2 Å². The Morgan fingerprint density at radius 1 is 1.38 bits per heavy atom. The number of halogens is 1. The van der Waals surface area contributed by atoms with E-state index in [0.29, 0.717) is 12.0 Å². The zero-order chi connectivity index (χ0) is 11.4. The van der Waals surface area contributed by atoms with E-state index in [9.17, 15) is 4.39 Å². The zero-order valence-corrected chi connectivity index (χ0v) is 9.88. The number of nitrogens with one attached hydrogen (secondary N) is 1. The Bertz CT molecular complexity index is 337. The Hall–Kier alpha value is -0.890. The van der Waals surface area contributed by atoms with Gasteiger partial charge in [-0.3, -0.25) is 0 Å². The molecule has 0 radical (unpaired) electrons. The maximum atomic E-state index is 13.1. The van der Waals surface area contributed by atoms with E-state index in [2.05, 4.69) is 5.32 Å². The molecule has 2 heteroatoms. The molecule has 1 aromatic carbocycles. The van der Waals surface area contributed by atoms with Gasteiger partial charge in [-0.05, 0) is 49.9 Å². The minimum atomic E-state index is -0.113. The van der Waals surface area contributed by atoms with Crippen molar-refractivity contribution in [2.45, 2.75) is 38.1 Å². The molecule has 0 aliphatic heterocycles. The molecule has 88 valence electrons. The summed E-state index contributed by atoms with van der Waals surface area (Å²) in [7, 11) is 2.04.